The number of H-pyrrole nitrogens is 1. The lowest BCUT2D eigenvalue weighted by Gasteiger charge is -2.33. The van der Waals surface area contributed by atoms with Gasteiger partial charge in [-0.1, -0.05) is 43.2 Å². The van der Waals surface area contributed by atoms with E-state index >= 15 is 0 Å². The molecule has 0 bridgehead atoms. The molecule has 29 heavy (non-hydrogen) atoms. The molecule has 7 nitrogen and oxygen atoms in total. The highest BCUT2D eigenvalue weighted by atomic mass is 16.2. The van der Waals surface area contributed by atoms with Crippen molar-refractivity contribution in [1.82, 2.24) is 25.6 Å². The molecule has 4 N–H and O–H groups in total. The van der Waals surface area contributed by atoms with Gasteiger partial charge in [-0.25, -0.2) is 14.8 Å². The van der Waals surface area contributed by atoms with E-state index in [0.717, 1.165) is 59.4 Å². The maximum absolute atomic E-state index is 11.9. The number of aryl methyl sites for hydroxylation is 2. The molecule has 2 amide bonds. The van der Waals surface area contributed by atoms with Gasteiger partial charge in [0.15, 0.2) is 5.82 Å². The second-order valence-corrected chi connectivity index (χ2v) is 7.73. The van der Waals surface area contributed by atoms with E-state index < -0.39 is 0 Å². The van der Waals surface area contributed by atoms with Gasteiger partial charge < -0.3 is 20.9 Å². The highest BCUT2D eigenvalue weighted by Crippen LogP contribution is 2.31. The molecule has 1 aliphatic rings. The van der Waals surface area contributed by atoms with Gasteiger partial charge in [0.05, 0.1) is 11.4 Å². The summed E-state index contributed by atoms with van der Waals surface area (Å²) in [5, 5.41) is 10.4. The van der Waals surface area contributed by atoms with E-state index in [1.54, 1.807) is 7.05 Å². The summed E-state index contributed by atoms with van der Waals surface area (Å²) in [7, 11) is 1.65. The Balaban J connectivity index is 1.74. The number of fused-ring (bicyclic) bond motifs is 1. The molecule has 0 radical (unpaired) electrons. The fraction of sp³-hybridized carbons (Fsp3) is 0.409. The van der Waals surface area contributed by atoms with Crippen molar-refractivity contribution in [3.05, 3.63) is 41.6 Å². The van der Waals surface area contributed by atoms with Crippen molar-refractivity contribution in [2.75, 3.05) is 12.4 Å². The summed E-state index contributed by atoms with van der Waals surface area (Å²) in [5.41, 5.74) is 4.05. The topological polar surface area (TPSA) is 94.7 Å². The molecule has 1 unspecified atom stereocenters. The Hall–Kier alpha value is -3.09. The summed E-state index contributed by atoms with van der Waals surface area (Å²) < 4.78 is 0. The number of nitrogens with one attached hydrogen (secondary N) is 4. The molecule has 1 fully saturated rings. The Morgan fingerprint density at radius 3 is 2.52 bits per heavy atom. The Bertz CT molecular complexity index is 1010. The van der Waals surface area contributed by atoms with Crippen LogP contribution in [0.5, 0.6) is 0 Å². The van der Waals surface area contributed by atoms with Crippen LogP contribution in [0.3, 0.4) is 0 Å². The van der Waals surface area contributed by atoms with Crippen molar-refractivity contribution >= 4 is 22.9 Å². The molecule has 2 aromatic heterocycles. The fourth-order valence-corrected chi connectivity index (χ4v) is 4.08. The summed E-state index contributed by atoms with van der Waals surface area (Å²) in [5.74, 6) is 1.51. The highest BCUT2D eigenvalue weighted by molar-refractivity contribution is 5.93. The second kappa shape index (κ2) is 8.11. The van der Waals surface area contributed by atoms with E-state index in [0.29, 0.717) is 5.82 Å². The normalized spacial score (nSPS) is 19.1. The molecule has 1 aromatic carbocycles. The molecule has 152 valence electrons. The van der Waals surface area contributed by atoms with Gasteiger partial charge in [0.1, 0.15) is 11.5 Å². The lowest BCUT2D eigenvalue weighted by molar-refractivity contribution is 0.232. The van der Waals surface area contributed by atoms with Crippen LogP contribution in [-0.4, -0.2) is 40.1 Å². The zero-order chi connectivity index (χ0) is 20.4. The van der Waals surface area contributed by atoms with E-state index in [-0.39, 0.29) is 18.1 Å². The van der Waals surface area contributed by atoms with Crippen molar-refractivity contribution < 1.29 is 4.79 Å². The van der Waals surface area contributed by atoms with E-state index in [1.807, 2.05) is 30.3 Å². The molecule has 7 heteroatoms. The lowest BCUT2D eigenvalue weighted by Crippen LogP contribution is -2.51. The number of rotatable bonds is 4. The van der Waals surface area contributed by atoms with Gasteiger partial charge in [-0.2, -0.15) is 0 Å². The summed E-state index contributed by atoms with van der Waals surface area (Å²) in [6.45, 7) is 4.14. The van der Waals surface area contributed by atoms with Gasteiger partial charge in [0.25, 0.3) is 0 Å². The number of aromatic nitrogens is 3. The van der Waals surface area contributed by atoms with E-state index in [9.17, 15) is 4.79 Å². The van der Waals surface area contributed by atoms with Crippen molar-refractivity contribution in [1.29, 1.82) is 0 Å². The average molecular weight is 393 g/mol. The van der Waals surface area contributed by atoms with Crippen LogP contribution in [-0.2, 0) is 0 Å². The number of carbonyl (C=O) groups is 1. The third-order valence-electron chi connectivity index (χ3n) is 5.82. The highest BCUT2D eigenvalue weighted by Gasteiger charge is 2.28. The third kappa shape index (κ3) is 3.90. The zero-order valence-electron chi connectivity index (χ0n) is 17.2. The van der Waals surface area contributed by atoms with Gasteiger partial charge in [-0.3, -0.25) is 0 Å². The maximum atomic E-state index is 11.9. The number of amides is 2. The van der Waals surface area contributed by atoms with Crippen LogP contribution < -0.4 is 16.0 Å². The Labute approximate surface area is 170 Å². The van der Waals surface area contributed by atoms with Crippen LogP contribution in [0.25, 0.3) is 22.4 Å². The fourth-order valence-electron chi connectivity index (χ4n) is 4.08. The van der Waals surface area contributed by atoms with Crippen molar-refractivity contribution in [3.63, 3.8) is 0 Å². The second-order valence-electron chi connectivity index (χ2n) is 7.73. The third-order valence-corrected chi connectivity index (χ3v) is 5.82. The molecule has 1 aliphatic carbocycles. The average Bonchev–Trinajstić information content (AvgIpc) is 3.03. The molecule has 1 saturated carbocycles. The Morgan fingerprint density at radius 2 is 1.79 bits per heavy atom. The van der Waals surface area contributed by atoms with E-state index in [4.69, 9.17) is 9.97 Å². The van der Waals surface area contributed by atoms with Crippen LogP contribution in [0, 0.1) is 13.8 Å². The van der Waals surface area contributed by atoms with Crippen LogP contribution in [0.1, 0.15) is 36.9 Å². The first kappa shape index (κ1) is 19.2. The lowest BCUT2D eigenvalue weighted by atomic mass is 9.90. The van der Waals surface area contributed by atoms with Gasteiger partial charge in [-0.05, 0) is 32.3 Å². The number of hydrogen-bond acceptors (Lipinski definition) is 4. The zero-order valence-corrected chi connectivity index (χ0v) is 17.2. The molecule has 2 atom stereocenters. The minimum absolute atomic E-state index is 0.0641. The predicted octanol–water partition coefficient (Wildman–Crippen LogP) is 3.89. The van der Waals surface area contributed by atoms with Crippen molar-refractivity contribution in [2.24, 2.45) is 0 Å². The SMILES string of the molecule is CNC(=O)NC1CCCC[C@@H]1Nc1nc(-c2ccccc2)nc2[nH]c(C)c(C)c12. The summed E-state index contributed by atoms with van der Waals surface area (Å²) >= 11 is 0. The van der Waals surface area contributed by atoms with E-state index in [1.165, 1.54) is 0 Å². The summed E-state index contributed by atoms with van der Waals surface area (Å²) in [6, 6.07) is 10.1. The molecule has 0 saturated heterocycles. The number of carbonyl (C=O) groups excluding carboxylic acids is 1. The first-order valence-electron chi connectivity index (χ1n) is 10.2. The van der Waals surface area contributed by atoms with Crippen molar-refractivity contribution in [2.45, 2.75) is 51.6 Å². The molecule has 2 heterocycles. The predicted molar refractivity (Wildman–Crippen MR) is 116 cm³/mol. The van der Waals surface area contributed by atoms with Gasteiger partial charge in [0, 0.05) is 24.3 Å². The van der Waals surface area contributed by atoms with Gasteiger partial charge in [-0.15, -0.1) is 0 Å². The first-order valence-corrected chi connectivity index (χ1v) is 10.2. The molecular formula is C22H28N6O. The van der Waals surface area contributed by atoms with Gasteiger partial charge >= 0.3 is 6.03 Å². The van der Waals surface area contributed by atoms with Crippen LogP contribution in [0.4, 0.5) is 10.6 Å². The summed E-state index contributed by atoms with van der Waals surface area (Å²) in [4.78, 5) is 25.0. The molecule has 0 aliphatic heterocycles. The Kier molecular flexibility index (Phi) is 5.38. The standard InChI is InChI=1S/C22H28N6O/c1-13-14(2)24-20-18(13)21(28-19(27-20)15-9-5-4-6-10-15)25-16-11-7-8-12-17(16)26-22(29)23-3/h4-6,9-10,16-17H,7-8,11-12H2,1-3H3,(H2,23,26,29)(H2,24,25,27,28)/t16-,17?/m0/s1. The number of urea groups is 1. The smallest absolute Gasteiger partial charge is 0.314 e. The number of hydrogen-bond donors (Lipinski definition) is 4. The van der Waals surface area contributed by atoms with Crippen LogP contribution in [0.15, 0.2) is 30.3 Å². The monoisotopic (exact) mass is 392 g/mol. The van der Waals surface area contributed by atoms with Gasteiger partial charge in [0.2, 0.25) is 0 Å². The van der Waals surface area contributed by atoms with Crippen LogP contribution >= 0.6 is 0 Å². The largest absolute Gasteiger partial charge is 0.365 e. The minimum Gasteiger partial charge on any atom is -0.365 e. The number of nitrogens with zero attached hydrogens (tertiary/aromatic N) is 2. The first-order chi connectivity index (χ1) is 14.1. The number of anilines is 1. The molecule has 3 aromatic rings. The Morgan fingerprint density at radius 1 is 1.07 bits per heavy atom. The molecular weight excluding hydrogens is 364 g/mol. The number of benzene rings is 1. The quantitative estimate of drug-likeness (QED) is 0.542. The van der Waals surface area contributed by atoms with Crippen LogP contribution in [0.2, 0.25) is 0 Å². The molecule has 0 spiro atoms. The number of aromatic amines is 1. The summed E-state index contributed by atoms with van der Waals surface area (Å²) in [6.07, 6.45) is 4.19. The minimum atomic E-state index is -0.143. The maximum Gasteiger partial charge on any atom is 0.314 e. The van der Waals surface area contributed by atoms with E-state index in [2.05, 4.69) is 34.8 Å². The van der Waals surface area contributed by atoms with Crippen molar-refractivity contribution in [3.8, 4) is 11.4 Å². The molecule has 4 rings (SSSR count).